The summed E-state index contributed by atoms with van der Waals surface area (Å²) in [4.78, 5) is 15.9. The van der Waals surface area contributed by atoms with Crippen molar-refractivity contribution in [2.45, 2.75) is 13.1 Å². The number of thiophene rings is 1. The van der Waals surface area contributed by atoms with Gasteiger partial charge in [-0.05, 0) is 69.5 Å². The number of nitrogens with zero attached hydrogens (tertiary/aromatic N) is 3. The van der Waals surface area contributed by atoms with Gasteiger partial charge in [-0.1, -0.05) is 122 Å². The lowest BCUT2D eigenvalue weighted by Crippen LogP contribution is -2.49. The Morgan fingerprint density at radius 3 is 2.00 bits per heavy atom. The maximum absolute atomic E-state index is 6.83. The van der Waals surface area contributed by atoms with Crippen LogP contribution in [0.25, 0.3) is 98.5 Å². The van der Waals surface area contributed by atoms with Crippen LogP contribution in [0.1, 0.15) is 0 Å². The highest BCUT2D eigenvalue weighted by Crippen LogP contribution is 2.44. The van der Waals surface area contributed by atoms with Crippen molar-refractivity contribution >= 4 is 71.9 Å². The summed E-state index contributed by atoms with van der Waals surface area (Å²) in [5.74, 6) is 1.93. The third kappa shape index (κ3) is 4.62. The minimum absolute atomic E-state index is 0.638. The van der Waals surface area contributed by atoms with Crippen LogP contribution in [0.2, 0.25) is 13.1 Å². The number of para-hydroxylation sites is 1. The topological polar surface area (TPSA) is 51.8 Å². The van der Waals surface area contributed by atoms with Crippen molar-refractivity contribution < 1.29 is 4.42 Å². The second-order valence-corrected chi connectivity index (χ2v) is 19.8. The number of rotatable bonds is 4. The zero-order chi connectivity index (χ0) is 35.3. The predicted molar refractivity (Wildman–Crippen MR) is 224 cm³/mol. The molecule has 0 bridgehead atoms. The monoisotopic (exact) mass is 713 g/mol. The second-order valence-electron chi connectivity index (χ2n) is 14.4. The van der Waals surface area contributed by atoms with E-state index in [0.717, 1.165) is 49.8 Å². The average molecular weight is 714 g/mol. The van der Waals surface area contributed by atoms with Gasteiger partial charge in [0.1, 0.15) is 19.2 Å². The predicted octanol–water partition coefficient (Wildman–Crippen LogP) is 11.6. The Balaban J connectivity index is 1.21. The molecule has 0 saturated carbocycles. The molecule has 1 aliphatic heterocycles. The van der Waals surface area contributed by atoms with E-state index < -0.39 is 8.07 Å². The van der Waals surface area contributed by atoms with Crippen molar-refractivity contribution in [1.29, 1.82) is 0 Å². The van der Waals surface area contributed by atoms with Crippen molar-refractivity contribution in [1.82, 2.24) is 15.0 Å². The lowest BCUT2D eigenvalue weighted by molar-refractivity contribution is 0.670. The van der Waals surface area contributed by atoms with Gasteiger partial charge >= 0.3 is 0 Å². The molecule has 10 aromatic rings. The Bertz CT molecular complexity index is 3110. The second kappa shape index (κ2) is 11.4. The molecule has 0 unspecified atom stereocenters. The molecule has 0 spiro atoms. The number of fused-ring (bicyclic) bond motifs is 10. The zero-order valence-corrected chi connectivity index (χ0v) is 30.9. The van der Waals surface area contributed by atoms with Gasteiger partial charge in [-0.2, -0.15) is 0 Å². The summed E-state index contributed by atoms with van der Waals surface area (Å²) in [6, 6.07) is 53.8. The molecule has 0 amide bonds. The maximum atomic E-state index is 6.83. The molecule has 250 valence electrons. The van der Waals surface area contributed by atoms with Crippen molar-refractivity contribution in [3.63, 3.8) is 0 Å². The molecule has 53 heavy (non-hydrogen) atoms. The van der Waals surface area contributed by atoms with Gasteiger partial charge in [0.05, 0.1) is 0 Å². The van der Waals surface area contributed by atoms with Crippen molar-refractivity contribution in [2.24, 2.45) is 0 Å². The van der Waals surface area contributed by atoms with Crippen LogP contribution in [0.5, 0.6) is 0 Å². The first-order valence-corrected chi connectivity index (χ1v) is 21.8. The van der Waals surface area contributed by atoms with Gasteiger partial charge in [-0.25, -0.2) is 15.0 Å². The van der Waals surface area contributed by atoms with Gasteiger partial charge in [0.25, 0.3) is 0 Å². The minimum Gasteiger partial charge on any atom is -0.455 e. The fourth-order valence-corrected chi connectivity index (χ4v) is 12.5. The van der Waals surface area contributed by atoms with E-state index in [1.54, 1.807) is 0 Å². The normalized spacial score (nSPS) is 13.2. The Morgan fingerprint density at radius 2 is 1.13 bits per heavy atom. The van der Waals surface area contributed by atoms with Crippen LogP contribution < -0.4 is 10.4 Å². The van der Waals surface area contributed by atoms with Crippen LogP contribution in [0.3, 0.4) is 0 Å². The Kier molecular flexibility index (Phi) is 6.54. The van der Waals surface area contributed by atoms with E-state index in [4.69, 9.17) is 19.4 Å². The number of furan rings is 1. The van der Waals surface area contributed by atoms with E-state index in [0.29, 0.717) is 17.5 Å². The average Bonchev–Trinajstić information content (AvgIpc) is 3.85. The Hall–Kier alpha value is -6.21. The molecule has 1 aliphatic rings. The maximum Gasteiger partial charge on any atom is 0.164 e. The highest BCUT2D eigenvalue weighted by Gasteiger charge is 2.40. The molecule has 7 aromatic carbocycles. The molecule has 6 heteroatoms. The number of benzene rings is 7. The van der Waals surface area contributed by atoms with Gasteiger partial charge in [-0.15, -0.1) is 11.3 Å². The molecule has 11 rings (SSSR count). The quantitative estimate of drug-likeness (QED) is 0.170. The molecule has 3 aromatic heterocycles. The van der Waals surface area contributed by atoms with E-state index >= 15 is 0 Å². The summed E-state index contributed by atoms with van der Waals surface area (Å²) in [7, 11) is -2.09. The van der Waals surface area contributed by atoms with Crippen LogP contribution in [-0.2, 0) is 0 Å². The summed E-state index contributed by atoms with van der Waals surface area (Å²) < 4.78 is 9.35. The SMILES string of the molecule is C[Si]1(C)c2ccccc2-c2c1cc(-c1nc(-c3cccc(-c4ccccc4)c3)nc(-c3ccc4sc5ccccc5c4c3)n1)c1c2oc2ccccc21. The molecule has 0 fully saturated rings. The van der Waals surface area contributed by atoms with Gasteiger partial charge in [0.15, 0.2) is 17.5 Å². The fraction of sp³-hybridized carbons (Fsp3) is 0.0426. The highest BCUT2D eigenvalue weighted by molar-refractivity contribution is 7.25. The molecular formula is C47H31N3OSSi. The minimum atomic E-state index is -2.09. The molecule has 0 N–H and O–H groups in total. The van der Waals surface area contributed by atoms with E-state index in [1.165, 1.54) is 41.7 Å². The van der Waals surface area contributed by atoms with Gasteiger partial charge in [0, 0.05) is 53.2 Å². The first-order chi connectivity index (χ1) is 26.0. The first-order valence-electron chi connectivity index (χ1n) is 17.9. The van der Waals surface area contributed by atoms with Crippen molar-refractivity contribution in [2.75, 3.05) is 0 Å². The molecular weight excluding hydrogens is 683 g/mol. The fourth-order valence-electron chi connectivity index (χ4n) is 8.32. The molecule has 4 heterocycles. The summed E-state index contributed by atoms with van der Waals surface area (Å²) in [5, 5.41) is 7.34. The van der Waals surface area contributed by atoms with Crippen LogP contribution in [0.4, 0.5) is 0 Å². The lowest BCUT2D eigenvalue weighted by Gasteiger charge is -2.19. The first kappa shape index (κ1) is 30.4. The molecule has 0 saturated heterocycles. The van der Waals surface area contributed by atoms with Crippen LogP contribution in [0.15, 0.2) is 156 Å². The number of hydrogen-bond acceptors (Lipinski definition) is 5. The molecule has 0 atom stereocenters. The number of hydrogen-bond donors (Lipinski definition) is 0. The summed E-state index contributed by atoms with van der Waals surface area (Å²) in [5.41, 5.74) is 9.40. The lowest BCUT2D eigenvalue weighted by atomic mass is 9.98. The van der Waals surface area contributed by atoms with Crippen LogP contribution >= 0.6 is 11.3 Å². The summed E-state index contributed by atoms with van der Waals surface area (Å²) in [6.45, 7) is 4.88. The number of aromatic nitrogens is 3. The van der Waals surface area contributed by atoms with Crippen molar-refractivity contribution in [3.8, 4) is 56.4 Å². The van der Waals surface area contributed by atoms with Gasteiger partial charge in [0.2, 0.25) is 0 Å². The summed E-state index contributed by atoms with van der Waals surface area (Å²) >= 11 is 1.81. The largest absolute Gasteiger partial charge is 0.455 e. The Morgan fingerprint density at radius 1 is 0.472 bits per heavy atom. The smallest absolute Gasteiger partial charge is 0.164 e. The highest BCUT2D eigenvalue weighted by atomic mass is 32.1. The van der Waals surface area contributed by atoms with E-state index in [9.17, 15) is 0 Å². The van der Waals surface area contributed by atoms with Crippen LogP contribution in [0, 0.1) is 0 Å². The zero-order valence-electron chi connectivity index (χ0n) is 29.1. The third-order valence-corrected chi connectivity index (χ3v) is 15.6. The standard InChI is InChI=1S/C47H31N3OSSi/c1-53(2)40-22-11-8-19-34(40)43-41(53)27-36(42-33-18-6-9-20-37(33)51-44(42)43)47-49-45(30-16-12-15-29(25-30)28-13-4-3-5-14-28)48-46(50-47)31-23-24-39-35(26-31)32-17-7-10-21-38(32)52-39/h3-27H,1-2H3. The van der Waals surface area contributed by atoms with Crippen LogP contribution in [-0.4, -0.2) is 23.0 Å². The van der Waals surface area contributed by atoms with E-state index in [-0.39, 0.29) is 0 Å². The molecule has 0 radical (unpaired) electrons. The van der Waals surface area contributed by atoms with Gasteiger partial charge < -0.3 is 4.42 Å². The van der Waals surface area contributed by atoms with E-state index in [1.807, 2.05) is 23.5 Å². The Labute approximate surface area is 311 Å². The third-order valence-electron chi connectivity index (χ3n) is 10.9. The van der Waals surface area contributed by atoms with Gasteiger partial charge in [-0.3, -0.25) is 0 Å². The summed E-state index contributed by atoms with van der Waals surface area (Å²) in [6.07, 6.45) is 0. The molecule has 4 nitrogen and oxygen atoms in total. The molecule has 0 aliphatic carbocycles. The van der Waals surface area contributed by atoms with E-state index in [2.05, 4.69) is 153 Å². The van der Waals surface area contributed by atoms with Crippen molar-refractivity contribution in [3.05, 3.63) is 152 Å².